The average molecular weight is 188 g/mol. The predicted octanol–water partition coefficient (Wildman–Crippen LogP) is 3.40. The molecule has 1 unspecified atom stereocenters. The van der Waals surface area contributed by atoms with Crippen LogP contribution in [-0.4, -0.2) is 6.10 Å². The lowest BCUT2D eigenvalue weighted by molar-refractivity contribution is 0.0690. The second kappa shape index (κ2) is 3.97. The van der Waals surface area contributed by atoms with Crippen LogP contribution in [0.5, 0.6) is 0 Å². The molecule has 1 heterocycles. The van der Waals surface area contributed by atoms with Crippen LogP contribution >= 0.6 is 0 Å². The zero-order valence-electron chi connectivity index (χ0n) is 8.79. The lowest BCUT2D eigenvalue weighted by Crippen LogP contribution is -2.20. The summed E-state index contributed by atoms with van der Waals surface area (Å²) in [5, 5.41) is 0. The zero-order valence-corrected chi connectivity index (χ0v) is 8.79. The number of rotatable bonds is 1. The Hall–Kier alpha value is -1.08. The second-order valence-corrected chi connectivity index (χ2v) is 3.61. The Labute approximate surface area is 85.4 Å². The molecule has 0 aliphatic carbocycles. The molecule has 74 valence electrons. The van der Waals surface area contributed by atoms with Gasteiger partial charge in [0.15, 0.2) is 0 Å². The van der Waals surface area contributed by atoms with Crippen molar-refractivity contribution in [3.63, 3.8) is 0 Å². The first kappa shape index (κ1) is 9.47. The first-order valence-corrected chi connectivity index (χ1v) is 5.23. The average Bonchev–Trinajstić information content (AvgIpc) is 2.27. The van der Waals surface area contributed by atoms with Crippen LogP contribution in [0.2, 0.25) is 0 Å². The largest absolute Gasteiger partial charge is 0.369 e. The van der Waals surface area contributed by atoms with Gasteiger partial charge in [0.25, 0.3) is 0 Å². The van der Waals surface area contributed by atoms with Crippen LogP contribution < -0.4 is 0 Å². The van der Waals surface area contributed by atoms with E-state index in [1.165, 1.54) is 16.7 Å². The Morgan fingerprint density at radius 3 is 2.93 bits per heavy atom. The highest BCUT2D eigenvalue weighted by atomic mass is 16.5. The maximum Gasteiger partial charge on any atom is 0.0829 e. The van der Waals surface area contributed by atoms with Gasteiger partial charge in [-0.2, -0.15) is 0 Å². The van der Waals surface area contributed by atoms with Crippen LogP contribution in [0, 0.1) is 0 Å². The van der Waals surface area contributed by atoms with Crippen molar-refractivity contribution in [2.24, 2.45) is 0 Å². The van der Waals surface area contributed by atoms with E-state index in [-0.39, 0.29) is 6.10 Å². The normalized spacial score (nSPS) is 23.6. The first-order valence-electron chi connectivity index (χ1n) is 5.23. The molecular formula is C13H16O. The Morgan fingerprint density at radius 2 is 2.21 bits per heavy atom. The Kier molecular flexibility index (Phi) is 2.69. The summed E-state index contributed by atoms with van der Waals surface area (Å²) in [5.74, 6) is 0. The molecule has 1 aromatic rings. The molecule has 0 amide bonds. The molecule has 1 atom stereocenters. The molecule has 1 aliphatic rings. The number of ether oxygens (including phenoxy) is 1. The van der Waals surface area contributed by atoms with Crippen molar-refractivity contribution in [2.45, 2.75) is 33.0 Å². The van der Waals surface area contributed by atoms with E-state index in [9.17, 15) is 0 Å². The third-order valence-corrected chi connectivity index (χ3v) is 2.80. The summed E-state index contributed by atoms with van der Waals surface area (Å²) in [4.78, 5) is 0. The topological polar surface area (TPSA) is 9.23 Å². The van der Waals surface area contributed by atoms with E-state index in [0.717, 1.165) is 13.0 Å². The van der Waals surface area contributed by atoms with E-state index in [0.29, 0.717) is 0 Å². The smallest absolute Gasteiger partial charge is 0.0829 e. The molecule has 0 aromatic heterocycles. The van der Waals surface area contributed by atoms with E-state index in [1.807, 2.05) is 0 Å². The minimum Gasteiger partial charge on any atom is -0.369 e. The van der Waals surface area contributed by atoms with Gasteiger partial charge in [0, 0.05) is 0 Å². The van der Waals surface area contributed by atoms with Gasteiger partial charge in [-0.05, 0) is 30.0 Å². The summed E-state index contributed by atoms with van der Waals surface area (Å²) in [6, 6.07) is 8.50. The van der Waals surface area contributed by atoms with Crippen LogP contribution in [0.3, 0.4) is 0 Å². The number of hydrogen-bond donors (Lipinski definition) is 0. The van der Waals surface area contributed by atoms with Crippen LogP contribution in [0.25, 0.3) is 5.57 Å². The highest BCUT2D eigenvalue weighted by Gasteiger charge is 2.21. The summed E-state index contributed by atoms with van der Waals surface area (Å²) in [6.07, 6.45) is 3.51. The van der Waals surface area contributed by atoms with Gasteiger partial charge in [-0.3, -0.25) is 0 Å². The molecule has 1 aromatic carbocycles. The van der Waals surface area contributed by atoms with Crippen molar-refractivity contribution in [1.82, 2.24) is 0 Å². The van der Waals surface area contributed by atoms with E-state index >= 15 is 0 Å². The molecule has 0 fully saturated rings. The van der Waals surface area contributed by atoms with Crippen LogP contribution in [0.4, 0.5) is 0 Å². The first-order chi connectivity index (χ1) is 6.86. The minimum absolute atomic E-state index is 0.287. The van der Waals surface area contributed by atoms with Crippen molar-refractivity contribution in [3.05, 3.63) is 41.5 Å². The Morgan fingerprint density at radius 1 is 1.43 bits per heavy atom. The summed E-state index contributed by atoms with van der Waals surface area (Å²) < 4.78 is 5.79. The van der Waals surface area contributed by atoms with Crippen molar-refractivity contribution < 1.29 is 4.74 Å². The monoisotopic (exact) mass is 188 g/mol. The molecule has 2 rings (SSSR count). The van der Waals surface area contributed by atoms with Gasteiger partial charge in [0.1, 0.15) is 0 Å². The van der Waals surface area contributed by atoms with Crippen LogP contribution in [0.15, 0.2) is 30.3 Å². The van der Waals surface area contributed by atoms with Gasteiger partial charge in [0.2, 0.25) is 0 Å². The molecule has 0 radical (unpaired) electrons. The van der Waals surface area contributed by atoms with Crippen LogP contribution in [-0.2, 0) is 11.3 Å². The highest BCUT2D eigenvalue weighted by molar-refractivity contribution is 5.72. The highest BCUT2D eigenvalue weighted by Crippen LogP contribution is 2.31. The van der Waals surface area contributed by atoms with E-state index in [4.69, 9.17) is 4.74 Å². The summed E-state index contributed by atoms with van der Waals surface area (Å²) in [5.41, 5.74) is 4.02. The summed E-state index contributed by atoms with van der Waals surface area (Å²) in [6.45, 7) is 5.01. The summed E-state index contributed by atoms with van der Waals surface area (Å²) in [7, 11) is 0. The fourth-order valence-corrected chi connectivity index (χ4v) is 2.06. The van der Waals surface area contributed by atoms with Gasteiger partial charge >= 0.3 is 0 Å². The van der Waals surface area contributed by atoms with E-state index in [2.05, 4.69) is 44.2 Å². The quantitative estimate of drug-likeness (QED) is 0.656. The van der Waals surface area contributed by atoms with Crippen LogP contribution in [0.1, 0.15) is 31.4 Å². The second-order valence-electron chi connectivity index (χ2n) is 3.61. The van der Waals surface area contributed by atoms with E-state index < -0.39 is 0 Å². The molecular weight excluding hydrogens is 172 g/mol. The van der Waals surface area contributed by atoms with Gasteiger partial charge in [-0.1, -0.05) is 37.3 Å². The number of allylic oxidation sites excluding steroid dienone is 1. The maximum atomic E-state index is 5.79. The minimum atomic E-state index is 0.287. The molecule has 1 heteroatoms. The SMILES string of the molecule is C/C=C1/c2ccccc2COC1CC. The lowest BCUT2D eigenvalue weighted by atomic mass is 9.92. The van der Waals surface area contributed by atoms with Gasteiger partial charge in [-0.15, -0.1) is 0 Å². The molecule has 1 aliphatic heterocycles. The van der Waals surface area contributed by atoms with Gasteiger partial charge in [0.05, 0.1) is 12.7 Å². The zero-order chi connectivity index (χ0) is 9.97. The molecule has 0 saturated carbocycles. The molecule has 0 spiro atoms. The third-order valence-electron chi connectivity index (χ3n) is 2.80. The number of fused-ring (bicyclic) bond motifs is 1. The fourth-order valence-electron chi connectivity index (χ4n) is 2.06. The van der Waals surface area contributed by atoms with Gasteiger partial charge in [-0.25, -0.2) is 0 Å². The maximum absolute atomic E-state index is 5.79. The van der Waals surface area contributed by atoms with Gasteiger partial charge < -0.3 is 4.74 Å². The Bertz CT molecular complexity index is 352. The molecule has 14 heavy (non-hydrogen) atoms. The molecule has 0 saturated heterocycles. The lowest BCUT2D eigenvalue weighted by Gasteiger charge is -2.27. The molecule has 0 bridgehead atoms. The van der Waals surface area contributed by atoms with Crippen molar-refractivity contribution in [1.29, 1.82) is 0 Å². The standard InChI is InChI=1S/C13H16O/c1-3-11-12-8-6-5-7-10(12)9-14-13(11)4-2/h3,5-8,13H,4,9H2,1-2H3/b11-3-. The third kappa shape index (κ3) is 1.48. The van der Waals surface area contributed by atoms with E-state index in [1.54, 1.807) is 0 Å². The molecule has 0 N–H and O–H groups in total. The Balaban J connectivity index is 2.45. The van der Waals surface area contributed by atoms with Crippen molar-refractivity contribution in [2.75, 3.05) is 0 Å². The van der Waals surface area contributed by atoms with Crippen molar-refractivity contribution >= 4 is 5.57 Å². The van der Waals surface area contributed by atoms with Crippen molar-refractivity contribution in [3.8, 4) is 0 Å². The number of benzene rings is 1. The fraction of sp³-hybridized carbons (Fsp3) is 0.385. The summed E-state index contributed by atoms with van der Waals surface area (Å²) >= 11 is 0. The number of hydrogen-bond acceptors (Lipinski definition) is 1. The molecule has 1 nitrogen and oxygen atoms in total. The predicted molar refractivity (Wildman–Crippen MR) is 59.0 cm³/mol.